The van der Waals surface area contributed by atoms with Gasteiger partial charge in [0.25, 0.3) is 5.91 Å². The molecule has 1 aromatic heterocycles. The van der Waals surface area contributed by atoms with E-state index >= 15 is 0 Å². The van der Waals surface area contributed by atoms with Crippen molar-refractivity contribution in [1.82, 2.24) is 14.8 Å². The fourth-order valence-electron chi connectivity index (χ4n) is 4.11. The Balaban J connectivity index is 1.90. The number of aryl methyl sites for hydroxylation is 1. The minimum atomic E-state index is 0.103. The van der Waals surface area contributed by atoms with Crippen LogP contribution in [-0.2, 0) is 0 Å². The molecule has 29 heavy (non-hydrogen) atoms. The van der Waals surface area contributed by atoms with E-state index < -0.39 is 0 Å². The second-order valence-electron chi connectivity index (χ2n) is 8.68. The van der Waals surface area contributed by atoms with Crippen molar-refractivity contribution >= 4 is 11.6 Å². The van der Waals surface area contributed by atoms with Gasteiger partial charge in [0.05, 0.1) is 0 Å². The molecule has 0 radical (unpaired) electrons. The number of anilines is 1. The molecule has 0 aliphatic carbocycles. The van der Waals surface area contributed by atoms with Crippen molar-refractivity contribution in [2.24, 2.45) is 5.92 Å². The van der Waals surface area contributed by atoms with Crippen molar-refractivity contribution in [1.29, 1.82) is 0 Å². The molecule has 1 aliphatic rings. The van der Waals surface area contributed by atoms with Crippen molar-refractivity contribution in [2.75, 3.05) is 52.7 Å². The number of likely N-dealkylation sites (tertiary alicyclic amines) is 1. The second kappa shape index (κ2) is 8.95. The number of aromatic nitrogens is 1. The lowest BCUT2D eigenvalue weighted by atomic mass is 9.95. The van der Waals surface area contributed by atoms with Crippen molar-refractivity contribution in [3.63, 3.8) is 0 Å². The van der Waals surface area contributed by atoms with E-state index in [1.807, 2.05) is 58.2 Å². The third-order valence-electron chi connectivity index (χ3n) is 6.05. The molecule has 2 aromatic rings. The van der Waals surface area contributed by atoms with Gasteiger partial charge in [-0.1, -0.05) is 6.07 Å². The summed E-state index contributed by atoms with van der Waals surface area (Å²) in [6, 6.07) is 8.26. The van der Waals surface area contributed by atoms with E-state index in [0.29, 0.717) is 5.92 Å². The number of carbonyl (C=O) groups is 1. The minimum absolute atomic E-state index is 0.103. The van der Waals surface area contributed by atoms with E-state index in [-0.39, 0.29) is 5.91 Å². The highest BCUT2D eigenvalue weighted by atomic mass is 16.2. The molecule has 0 spiro atoms. The summed E-state index contributed by atoms with van der Waals surface area (Å²) in [5.41, 5.74) is 5.93. The standard InChI is InChI=1S/C24H34N4O/c1-17-7-8-20(15-25-17)21-13-22(18(2)23(14-21)26(3)4)24(29)28(6)16-19-9-11-27(5)12-10-19/h7-8,13-15,19H,9-12,16H2,1-6H3. The maximum atomic E-state index is 13.4. The fraction of sp³-hybridized carbons (Fsp3) is 0.500. The van der Waals surface area contributed by atoms with Crippen LogP contribution in [0.2, 0.25) is 0 Å². The zero-order valence-corrected chi connectivity index (χ0v) is 18.7. The van der Waals surface area contributed by atoms with Crippen LogP contribution in [-0.4, -0.2) is 68.5 Å². The number of rotatable bonds is 5. The first-order valence-electron chi connectivity index (χ1n) is 10.4. The molecule has 1 amide bonds. The average molecular weight is 395 g/mol. The Morgan fingerprint density at radius 2 is 1.79 bits per heavy atom. The summed E-state index contributed by atoms with van der Waals surface area (Å²) in [5.74, 6) is 0.685. The van der Waals surface area contributed by atoms with Gasteiger partial charge in [0.2, 0.25) is 0 Å². The summed E-state index contributed by atoms with van der Waals surface area (Å²) in [6.07, 6.45) is 4.20. The summed E-state index contributed by atoms with van der Waals surface area (Å²) in [7, 11) is 8.16. The summed E-state index contributed by atoms with van der Waals surface area (Å²) in [5, 5.41) is 0. The lowest BCUT2D eigenvalue weighted by Crippen LogP contribution is -2.38. The highest BCUT2D eigenvalue weighted by Gasteiger charge is 2.23. The zero-order chi connectivity index (χ0) is 21.1. The molecule has 0 bridgehead atoms. The van der Waals surface area contributed by atoms with Crippen molar-refractivity contribution in [2.45, 2.75) is 26.7 Å². The number of benzene rings is 1. The first-order chi connectivity index (χ1) is 13.8. The Morgan fingerprint density at radius 1 is 1.10 bits per heavy atom. The van der Waals surface area contributed by atoms with E-state index in [1.54, 1.807) is 0 Å². The number of hydrogen-bond acceptors (Lipinski definition) is 4. The number of carbonyl (C=O) groups excluding carboxylic acids is 1. The molecule has 5 nitrogen and oxygen atoms in total. The molecule has 0 N–H and O–H groups in total. The van der Waals surface area contributed by atoms with Gasteiger partial charge >= 0.3 is 0 Å². The lowest BCUT2D eigenvalue weighted by Gasteiger charge is -2.32. The van der Waals surface area contributed by atoms with Gasteiger partial charge in [-0.15, -0.1) is 0 Å². The van der Waals surface area contributed by atoms with Crippen molar-refractivity contribution < 1.29 is 4.79 Å². The molecular weight excluding hydrogens is 360 g/mol. The molecule has 0 atom stereocenters. The predicted octanol–water partition coefficient (Wildman–Crippen LogP) is 3.85. The van der Waals surface area contributed by atoms with Crippen LogP contribution in [0.4, 0.5) is 5.69 Å². The zero-order valence-electron chi connectivity index (χ0n) is 18.7. The Labute approximate surface area is 175 Å². The quantitative estimate of drug-likeness (QED) is 0.772. The summed E-state index contributed by atoms with van der Waals surface area (Å²) < 4.78 is 0. The number of nitrogens with zero attached hydrogens (tertiary/aromatic N) is 4. The first-order valence-corrected chi connectivity index (χ1v) is 10.4. The van der Waals surface area contributed by atoms with Crippen LogP contribution in [0, 0.1) is 19.8 Å². The molecule has 1 saturated heterocycles. The molecule has 2 heterocycles. The third kappa shape index (κ3) is 4.96. The van der Waals surface area contributed by atoms with E-state index in [9.17, 15) is 4.79 Å². The van der Waals surface area contributed by atoms with Gasteiger partial charge in [-0.05, 0) is 82.1 Å². The van der Waals surface area contributed by atoms with Crippen LogP contribution in [0.15, 0.2) is 30.5 Å². The van der Waals surface area contributed by atoms with E-state index in [1.165, 1.54) is 0 Å². The Bertz CT molecular complexity index is 852. The summed E-state index contributed by atoms with van der Waals surface area (Å²) >= 11 is 0. The van der Waals surface area contributed by atoms with Gasteiger partial charge in [0, 0.05) is 56.4 Å². The van der Waals surface area contributed by atoms with Crippen LogP contribution >= 0.6 is 0 Å². The number of pyridine rings is 1. The minimum Gasteiger partial charge on any atom is -0.377 e. The van der Waals surface area contributed by atoms with E-state index in [2.05, 4.69) is 34.0 Å². The largest absolute Gasteiger partial charge is 0.377 e. The monoisotopic (exact) mass is 394 g/mol. The molecule has 1 aliphatic heterocycles. The predicted molar refractivity (Wildman–Crippen MR) is 121 cm³/mol. The number of piperidine rings is 1. The second-order valence-corrected chi connectivity index (χ2v) is 8.68. The molecule has 1 aromatic carbocycles. The molecule has 3 rings (SSSR count). The maximum Gasteiger partial charge on any atom is 0.253 e. The maximum absolute atomic E-state index is 13.4. The van der Waals surface area contributed by atoms with Crippen LogP contribution in [0.5, 0.6) is 0 Å². The van der Waals surface area contributed by atoms with Crippen molar-refractivity contribution in [3.05, 3.63) is 47.3 Å². The number of amides is 1. The first kappa shape index (κ1) is 21.3. The topological polar surface area (TPSA) is 39.7 Å². The Kier molecular flexibility index (Phi) is 6.58. The summed E-state index contributed by atoms with van der Waals surface area (Å²) in [6.45, 7) is 7.08. The van der Waals surface area contributed by atoms with Crippen LogP contribution in [0.1, 0.15) is 34.5 Å². The van der Waals surface area contributed by atoms with Gasteiger partial charge in [-0.3, -0.25) is 9.78 Å². The highest BCUT2D eigenvalue weighted by Crippen LogP contribution is 2.31. The summed E-state index contributed by atoms with van der Waals surface area (Å²) in [4.78, 5) is 24.2. The highest BCUT2D eigenvalue weighted by molar-refractivity contribution is 5.98. The molecule has 156 valence electrons. The molecule has 5 heteroatoms. The van der Waals surface area contributed by atoms with Gasteiger partial charge in [-0.2, -0.15) is 0 Å². The third-order valence-corrected chi connectivity index (χ3v) is 6.05. The van der Waals surface area contributed by atoms with Crippen LogP contribution < -0.4 is 4.90 Å². The lowest BCUT2D eigenvalue weighted by molar-refractivity contribution is 0.0746. The molecular formula is C24H34N4O. The van der Waals surface area contributed by atoms with Gasteiger partial charge in [0.1, 0.15) is 0 Å². The van der Waals surface area contributed by atoms with E-state index in [0.717, 1.165) is 66.1 Å². The normalized spacial score (nSPS) is 15.4. The van der Waals surface area contributed by atoms with E-state index in [4.69, 9.17) is 0 Å². The molecule has 1 fully saturated rings. The van der Waals surface area contributed by atoms with Gasteiger partial charge in [-0.25, -0.2) is 0 Å². The number of hydrogen-bond donors (Lipinski definition) is 0. The van der Waals surface area contributed by atoms with Crippen LogP contribution in [0.25, 0.3) is 11.1 Å². The SMILES string of the molecule is Cc1ccc(-c2cc(C(=O)N(C)CC3CCN(C)CC3)c(C)c(N(C)C)c2)cn1. The Hall–Kier alpha value is -2.40. The molecule has 0 saturated carbocycles. The smallest absolute Gasteiger partial charge is 0.253 e. The van der Waals surface area contributed by atoms with Crippen molar-refractivity contribution in [3.8, 4) is 11.1 Å². The van der Waals surface area contributed by atoms with Crippen LogP contribution in [0.3, 0.4) is 0 Å². The molecule has 0 unspecified atom stereocenters. The average Bonchev–Trinajstić information content (AvgIpc) is 2.69. The Morgan fingerprint density at radius 3 is 2.38 bits per heavy atom. The fourth-order valence-corrected chi connectivity index (χ4v) is 4.11. The van der Waals surface area contributed by atoms with Gasteiger partial charge < -0.3 is 14.7 Å². The van der Waals surface area contributed by atoms with Gasteiger partial charge in [0.15, 0.2) is 0 Å².